The first-order chi connectivity index (χ1) is 9.58. The first-order valence-corrected chi connectivity index (χ1v) is 7.06. The van der Waals surface area contributed by atoms with Gasteiger partial charge in [-0.15, -0.1) is 0 Å². The van der Waals surface area contributed by atoms with E-state index >= 15 is 0 Å². The molecule has 0 aliphatic heterocycles. The molecule has 1 rings (SSSR count). The molecule has 20 heavy (non-hydrogen) atoms. The molecule has 0 aliphatic carbocycles. The van der Waals surface area contributed by atoms with Crippen LogP contribution in [0.4, 0.5) is 0 Å². The molecule has 5 nitrogen and oxygen atoms in total. The van der Waals surface area contributed by atoms with Gasteiger partial charge in [0.25, 0.3) is 0 Å². The lowest BCUT2D eigenvalue weighted by Crippen LogP contribution is -2.20. The lowest BCUT2D eigenvalue weighted by Gasteiger charge is -2.15. The summed E-state index contributed by atoms with van der Waals surface area (Å²) in [5.41, 5.74) is 1.95. The zero-order valence-electron chi connectivity index (χ0n) is 12.0. The van der Waals surface area contributed by atoms with Crippen LogP contribution in [0.5, 0.6) is 5.75 Å². The molecular formula is C14H20BrNO4. The normalized spacial score (nSPS) is 10.4. The van der Waals surface area contributed by atoms with Gasteiger partial charge in [0.1, 0.15) is 5.75 Å². The molecule has 0 amide bonds. The number of rotatable bonds is 8. The highest BCUT2D eigenvalue weighted by Gasteiger charge is 2.11. The number of halogens is 1. The summed E-state index contributed by atoms with van der Waals surface area (Å²) in [5.74, 6) is 0.314. The van der Waals surface area contributed by atoms with Crippen molar-refractivity contribution < 1.29 is 19.0 Å². The summed E-state index contributed by atoms with van der Waals surface area (Å²) in [5, 5.41) is 3.26. The van der Waals surface area contributed by atoms with Crippen LogP contribution in [-0.2, 0) is 20.8 Å². The van der Waals surface area contributed by atoms with Crippen molar-refractivity contribution in [2.24, 2.45) is 0 Å². The van der Waals surface area contributed by atoms with Crippen molar-refractivity contribution in [3.63, 3.8) is 0 Å². The minimum atomic E-state index is -0.398. The third-order valence-corrected chi connectivity index (χ3v) is 3.13. The third kappa shape index (κ3) is 5.48. The van der Waals surface area contributed by atoms with Gasteiger partial charge in [0.05, 0.1) is 13.7 Å². The highest BCUT2D eigenvalue weighted by molar-refractivity contribution is 9.10. The highest BCUT2D eigenvalue weighted by Crippen LogP contribution is 2.28. The van der Waals surface area contributed by atoms with Gasteiger partial charge in [-0.1, -0.05) is 15.9 Å². The molecule has 0 fully saturated rings. The van der Waals surface area contributed by atoms with Crippen LogP contribution < -0.4 is 10.1 Å². The highest BCUT2D eigenvalue weighted by atomic mass is 79.9. The molecule has 0 heterocycles. The van der Waals surface area contributed by atoms with E-state index in [9.17, 15) is 4.79 Å². The summed E-state index contributed by atoms with van der Waals surface area (Å²) < 4.78 is 16.1. The molecule has 112 valence electrons. The zero-order chi connectivity index (χ0) is 15.0. The Morgan fingerprint density at radius 3 is 2.75 bits per heavy atom. The molecule has 0 aliphatic rings. The molecule has 1 aromatic rings. The Hall–Kier alpha value is -1.11. The Balaban J connectivity index is 2.76. The lowest BCUT2D eigenvalue weighted by atomic mass is 10.1. The molecule has 0 radical (unpaired) electrons. The van der Waals surface area contributed by atoms with Crippen molar-refractivity contribution in [1.29, 1.82) is 0 Å². The minimum Gasteiger partial charge on any atom is -0.481 e. The second-order valence-corrected chi connectivity index (χ2v) is 5.16. The molecular weight excluding hydrogens is 326 g/mol. The zero-order valence-corrected chi connectivity index (χ0v) is 13.6. The van der Waals surface area contributed by atoms with Gasteiger partial charge in [0.15, 0.2) is 6.61 Å². The van der Waals surface area contributed by atoms with Crippen LogP contribution in [0.15, 0.2) is 16.6 Å². The molecule has 1 aromatic carbocycles. The number of hydrogen-bond donors (Lipinski definition) is 1. The molecule has 6 heteroatoms. The fourth-order valence-corrected chi connectivity index (χ4v) is 2.34. The predicted octanol–water partition coefficient (Wildman–Crippen LogP) is 2.05. The van der Waals surface area contributed by atoms with Crippen LogP contribution in [0.25, 0.3) is 0 Å². The minimum absolute atomic E-state index is 0.0932. The largest absolute Gasteiger partial charge is 0.481 e. The van der Waals surface area contributed by atoms with Crippen molar-refractivity contribution in [3.8, 4) is 5.75 Å². The van der Waals surface area contributed by atoms with Gasteiger partial charge in [0.2, 0.25) is 0 Å². The fraction of sp³-hybridized carbons (Fsp3) is 0.500. The Kier molecular flexibility index (Phi) is 7.58. The SMILES string of the molecule is COCCNCc1cc(Br)cc(C)c1OCC(=O)OC. The Morgan fingerprint density at radius 1 is 1.35 bits per heavy atom. The van der Waals surface area contributed by atoms with E-state index in [1.54, 1.807) is 7.11 Å². The number of aryl methyl sites for hydroxylation is 1. The van der Waals surface area contributed by atoms with Crippen LogP contribution in [0.2, 0.25) is 0 Å². The number of hydrogen-bond acceptors (Lipinski definition) is 5. The first kappa shape index (κ1) is 16.9. The smallest absolute Gasteiger partial charge is 0.343 e. The van der Waals surface area contributed by atoms with Gasteiger partial charge in [-0.25, -0.2) is 4.79 Å². The standard InChI is InChI=1S/C14H20BrNO4/c1-10-6-12(15)7-11(8-16-4-5-18-2)14(10)20-9-13(17)19-3/h6-7,16H,4-5,8-9H2,1-3H3. The molecule has 0 unspecified atom stereocenters. The van der Waals surface area contributed by atoms with Crippen molar-refractivity contribution in [3.05, 3.63) is 27.7 Å². The van der Waals surface area contributed by atoms with Crippen LogP contribution in [-0.4, -0.2) is 39.9 Å². The maximum Gasteiger partial charge on any atom is 0.343 e. The van der Waals surface area contributed by atoms with Gasteiger partial charge in [-0.3, -0.25) is 0 Å². The molecule has 0 saturated carbocycles. The number of carbonyl (C=O) groups is 1. The van der Waals surface area contributed by atoms with E-state index in [4.69, 9.17) is 9.47 Å². The van der Waals surface area contributed by atoms with Gasteiger partial charge in [-0.05, 0) is 24.6 Å². The maximum absolute atomic E-state index is 11.2. The lowest BCUT2D eigenvalue weighted by molar-refractivity contribution is -0.142. The summed E-state index contributed by atoms with van der Waals surface area (Å²) in [6.07, 6.45) is 0. The summed E-state index contributed by atoms with van der Waals surface area (Å²) in [7, 11) is 3.00. The molecule has 0 aromatic heterocycles. The number of esters is 1. The topological polar surface area (TPSA) is 56.8 Å². The Bertz CT molecular complexity index is 451. The van der Waals surface area contributed by atoms with E-state index in [1.165, 1.54) is 7.11 Å². The van der Waals surface area contributed by atoms with Crippen LogP contribution in [0, 0.1) is 6.92 Å². The average molecular weight is 346 g/mol. The molecule has 0 spiro atoms. The van der Waals surface area contributed by atoms with E-state index in [0.717, 1.165) is 22.1 Å². The summed E-state index contributed by atoms with van der Waals surface area (Å²) >= 11 is 3.46. The fourth-order valence-electron chi connectivity index (χ4n) is 1.72. The average Bonchev–Trinajstić information content (AvgIpc) is 2.42. The second-order valence-electron chi connectivity index (χ2n) is 4.25. The van der Waals surface area contributed by atoms with Crippen LogP contribution in [0.3, 0.4) is 0 Å². The molecule has 0 saturated heterocycles. The first-order valence-electron chi connectivity index (χ1n) is 6.26. The van der Waals surface area contributed by atoms with Gasteiger partial charge in [-0.2, -0.15) is 0 Å². The van der Waals surface area contributed by atoms with Crippen molar-refractivity contribution >= 4 is 21.9 Å². The summed E-state index contributed by atoms with van der Waals surface area (Å²) in [4.78, 5) is 11.2. The van der Waals surface area contributed by atoms with Gasteiger partial charge < -0.3 is 19.5 Å². The molecule has 1 N–H and O–H groups in total. The number of benzene rings is 1. The van der Waals surface area contributed by atoms with E-state index in [2.05, 4.69) is 26.0 Å². The van der Waals surface area contributed by atoms with Gasteiger partial charge in [0, 0.05) is 30.2 Å². The van der Waals surface area contributed by atoms with E-state index in [-0.39, 0.29) is 6.61 Å². The third-order valence-electron chi connectivity index (χ3n) is 2.68. The summed E-state index contributed by atoms with van der Waals surface area (Å²) in [6, 6.07) is 3.92. The van der Waals surface area contributed by atoms with Crippen molar-refractivity contribution in [1.82, 2.24) is 5.32 Å². The predicted molar refractivity (Wildman–Crippen MR) is 80.0 cm³/mol. The van der Waals surface area contributed by atoms with Crippen molar-refractivity contribution in [2.75, 3.05) is 34.0 Å². The quantitative estimate of drug-likeness (QED) is 0.577. The number of methoxy groups -OCH3 is 2. The van der Waals surface area contributed by atoms with Crippen LogP contribution in [0.1, 0.15) is 11.1 Å². The Morgan fingerprint density at radius 2 is 2.10 bits per heavy atom. The number of ether oxygens (including phenoxy) is 3. The van der Waals surface area contributed by atoms with E-state index in [0.29, 0.717) is 18.9 Å². The maximum atomic E-state index is 11.2. The van der Waals surface area contributed by atoms with Crippen molar-refractivity contribution in [2.45, 2.75) is 13.5 Å². The monoisotopic (exact) mass is 345 g/mol. The van der Waals surface area contributed by atoms with Gasteiger partial charge >= 0.3 is 5.97 Å². The van der Waals surface area contributed by atoms with Crippen LogP contribution >= 0.6 is 15.9 Å². The number of nitrogens with one attached hydrogen (secondary N) is 1. The van der Waals surface area contributed by atoms with E-state index < -0.39 is 5.97 Å². The second kappa shape index (κ2) is 8.94. The molecule has 0 atom stereocenters. The Labute approximate surface area is 127 Å². The molecule has 0 bridgehead atoms. The number of carbonyl (C=O) groups excluding carboxylic acids is 1. The van der Waals surface area contributed by atoms with E-state index in [1.807, 2.05) is 19.1 Å². The summed E-state index contributed by atoms with van der Waals surface area (Å²) in [6.45, 7) is 3.88.